The number of nitrogens with one attached hydrogen (secondary N) is 4. The van der Waals surface area contributed by atoms with Crippen molar-refractivity contribution in [3.8, 4) is 0 Å². The van der Waals surface area contributed by atoms with E-state index < -0.39 is 60.2 Å². The third-order valence-corrected chi connectivity index (χ3v) is 4.99. The second-order valence-corrected chi connectivity index (χ2v) is 7.87. The van der Waals surface area contributed by atoms with Crippen LogP contribution in [0.2, 0.25) is 0 Å². The number of carboxylic acids is 2. The molecule has 35 heavy (non-hydrogen) atoms. The van der Waals surface area contributed by atoms with Crippen LogP contribution in [0.5, 0.6) is 0 Å². The van der Waals surface area contributed by atoms with Crippen LogP contribution >= 0.6 is 0 Å². The highest BCUT2D eigenvalue weighted by atomic mass is 16.4. The highest BCUT2D eigenvalue weighted by molar-refractivity contribution is 5.94. The summed E-state index contributed by atoms with van der Waals surface area (Å²) in [6.07, 6.45) is 2.08. The van der Waals surface area contributed by atoms with Crippen molar-refractivity contribution < 1.29 is 34.2 Å². The third kappa shape index (κ3) is 8.89. The van der Waals surface area contributed by atoms with Gasteiger partial charge in [-0.3, -0.25) is 19.2 Å². The molecule has 0 radical (unpaired) electrons. The van der Waals surface area contributed by atoms with Gasteiger partial charge in [-0.1, -0.05) is 30.3 Å². The number of imidazole rings is 1. The maximum absolute atomic E-state index is 12.7. The number of carboxylic acid groups (broad SMARTS) is 2. The summed E-state index contributed by atoms with van der Waals surface area (Å²) in [6.45, 7) is 1.40. The molecule has 0 saturated carbocycles. The van der Waals surface area contributed by atoms with Crippen LogP contribution in [-0.4, -0.2) is 74.0 Å². The molecule has 2 aromatic rings. The fourth-order valence-electron chi connectivity index (χ4n) is 3.12. The van der Waals surface area contributed by atoms with Gasteiger partial charge < -0.3 is 36.9 Å². The van der Waals surface area contributed by atoms with Crippen LogP contribution in [0.25, 0.3) is 0 Å². The molecule has 0 aliphatic carbocycles. The fraction of sp³-hybridized carbons (Fsp3) is 0.364. The Labute approximate surface area is 200 Å². The number of carbonyl (C=O) groups is 5. The minimum Gasteiger partial charge on any atom is -0.481 e. The Morgan fingerprint density at radius 3 is 2.17 bits per heavy atom. The van der Waals surface area contributed by atoms with Crippen LogP contribution in [0, 0.1) is 0 Å². The van der Waals surface area contributed by atoms with Crippen LogP contribution in [-0.2, 0) is 36.8 Å². The Morgan fingerprint density at radius 1 is 0.943 bits per heavy atom. The SMILES string of the molecule is CC(NC(=O)C(N)Cc1ccccc1)C(=O)NC(Cc1cnc[nH]1)C(=O)NC(CC(=O)O)C(=O)O. The number of benzene rings is 1. The monoisotopic (exact) mass is 488 g/mol. The van der Waals surface area contributed by atoms with Gasteiger partial charge in [0.05, 0.1) is 18.8 Å². The third-order valence-electron chi connectivity index (χ3n) is 4.99. The number of aliphatic carboxylic acids is 2. The molecule has 4 atom stereocenters. The van der Waals surface area contributed by atoms with Crippen molar-refractivity contribution >= 4 is 29.7 Å². The lowest BCUT2D eigenvalue weighted by molar-refractivity contribution is -0.147. The van der Waals surface area contributed by atoms with E-state index in [1.165, 1.54) is 19.4 Å². The van der Waals surface area contributed by atoms with Crippen LogP contribution in [0.15, 0.2) is 42.9 Å². The maximum Gasteiger partial charge on any atom is 0.326 e. The highest BCUT2D eigenvalue weighted by Crippen LogP contribution is 2.04. The molecule has 13 heteroatoms. The fourth-order valence-corrected chi connectivity index (χ4v) is 3.12. The van der Waals surface area contributed by atoms with E-state index in [0.29, 0.717) is 5.69 Å². The second-order valence-electron chi connectivity index (χ2n) is 7.87. The predicted octanol–water partition coefficient (Wildman–Crippen LogP) is -1.44. The van der Waals surface area contributed by atoms with Crippen LogP contribution < -0.4 is 21.7 Å². The summed E-state index contributed by atoms with van der Waals surface area (Å²) in [6, 6.07) is 4.12. The topological polar surface area (TPSA) is 217 Å². The average Bonchev–Trinajstić information content (AvgIpc) is 3.31. The minimum absolute atomic E-state index is 0.0921. The Kier molecular flexibility index (Phi) is 9.90. The van der Waals surface area contributed by atoms with Gasteiger partial charge in [0.2, 0.25) is 17.7 Å². The number of hydrogen-bond donors (Lipinski definition) is 7. The molecule has 188 valence electrons. The minimum atomic E-state index is -1.70. The predicted molar refractivity (Wildman–Crippen MR) is 122 cm³/mol. The van der Waals surface area contributed by atoms with Crippen LogP contribution in [0.3, 0.4) is 0 Å². The molecule has 0 aliphatic heterocycles. The summed E-state index contributed by atoms with van der Waals surface area (Å²) in [4.78, 5) is 66.7. The molecular weight excluding hydrogens is 460 g/mol. The number of nitrogens with zero attached hydrogens (tertiary/aromatic N) is 1. The Morgan fingerprint density at radius 2 is 1.60 bits per heavy atom. The van der Waals surface area contributed by atoms with E-state index in [1.807, 2.05) is 30.3 Å². The number of aromatic amines is 1. The van der Waals surface area contributed by atoms with Crippen molar-refractivity contribution in [2.45, 2.75) is 50.4 Å². The molecule has 0 bridgehead atoms. The molecule has 0 fully saturated rings. The van der Waals surface area contributed by atoms with E-state index in [1.54, 1.807) is 0 Å². The first-order valence-electron chi connectivity index (χ1n) is 10.7. The van der Waals surface area contributed by atoms with Gasteiger partial charge in [0, 0.05) is 18.3 Å². The van der Waals surface area contributed by atoms with Crippen LogP contribution in [0.1, 0.15) is 24.6 Å². The van der Waals surface area contributed by atoms with Gasteiger partial charge in [-0.2, -0.15) is 0 Å². The standard InChI is InChI=1S/C22H28N6O7/c1-12(26-20(32)15(23)7-13-5-3-2-4-6-13)19(31)27-16(8-14-10-24-11-25-14)21(33)28-17(22(34)35)9-18(29)30/h2-6,10-12,15-17H,7-9,23H2,1H3,(H,24,25)(H,26,32)(H,27,31)(H,28,33)(H,29,30)(H,34,35). The zero-order valence-corrected chi connectivity index (χ0v) is 18.9. The molecule has 0 saturated heterocycles. The average molecular weight is 489 g/mol. The molecule has 8 N–H and O–H groups in total. The van der Waals surface area contributed by atoms with Crippen molar-refractivity contribution in [3.05, 3.63) is 54.1 Å². The number of amides is 3. The zero-order valence-electron chi connectivity index (χ0n) is 18.9. The van der Waals surface area contributed by atoms with Crippen molar-refractivity contribution in [2.75, 3.05) is 0 Å². The molecule has 4 unspecified atom stereocenters. The Bertz CT molecular complexity index is 1030. The molecule has 0 aliphatic rings. The van der Waals surface area contributed by atoms with Gasteiger partial charge in [0.15, 0.2) is 0 Å². The zero-order chi connectivity index (χ0) is 26.0. The first kappa shape index (κ1) is 27.0. The van der Waals surface area contributed by atoms with Gasteiger partial charge >= 0.3 is 11.9 Å². The molecule has 1 heterocycles. The molecule has 3 amide bonds. The summed E-state index contributed by atoms with van der Waals surface area (Å²) >= 11 is 0. The summed E-state index contributed by atoms with van der Waals surface area (Å²) in [5.41, 5.74) is 7.24. The quantitative estimate of drug-likeness (QED) is 0.175. The number of H-pyrrole nitrogens is 1. The van der Waals surface area contributed by atoms with Gasteiger partial charge in [-0.05, 0) is 18.9 Å². The lowest BCUT2D eigenvalue weighted by Gasteiger charge is -2.23. The molecule has 13 nitrogen and oxygen atoms in total. The highest BCUT2D eigenvalue weighted by Gasteiger charge is 2.30. The lowest BCUT2D eigenvalue weighted by atomic mass is 10.1. The second kappa shape index (κ2) is 12.8. The van der Waals surface area contributed by atoms with Crippen molar-refractivity contribution in [1.29, 1.82) is 0 Å². The van der Waals surface area contributed by atoms with E-state index >= 15 is 0 Å². The molecule has 1 aromatic carbocycles. The largest absolute Gasteiger partial charge is 0.481 e. The van der Waals surface area contributed by atoms with Crippen molar-refractivity contribution in [1.82, 2.24) is 25.9 Å². The van der Waals surface area contributed by atoms with E-state index in [2.05, 4.69) is 25.9 Å². The van der Waals surface area contributed by atoms with Crippen molar-refractivity contribution in [2.24, 2.45) is 5.73 Å². The smallest absolute Gasteiger partial charge is 0.326 e. The van der Waals surface area contributed by atoms with E-state index in [9.17, 15) is 29.1 Å². The summed E-state index contributed by atoms with van der Waals surface area (Å²) < 4.78 is 0. The Hall–Kier alpha value is -4.26. The molecular formula is C22H28N6O7. The van der Waals surface area contributed by atoms with E-state index in [-0.39, 0.29) is 12.8 Å². The molecule has 1 aromatic heterocycles. The van der Waals surface area contributed by atoms with Crippen LogP contribution in [0.4, 0.5) is 0 Å². The van der Waals surface area contributed by atoms with E-state index in [4.69, 9.17) is 10.8 Å². The number of nitrogens with two attached hydrogens (primary N) is 1. The van der Waals surface area contributed by atoms with Gasteiger partial charge in [-0.25, -0.2) is 9.78 Å². The summed E-state index contributed by atoms with van der Waals surface area (Å²) in [7, 11) is 0. The molecule has 0 spiro atoms. The van der Waals surface area contributed by atoms with Gasteiger partial charge in [0.1, 0.15) is 18.1 Å². The normalized spacial score (nSPS) is 14.1. The Balaban J connectivity index is 2.03. The number of rotatable bonds is 13. The van der Waals surface area contributed by atoms with Gasteiger partial charge in [-0.15, -0.1) is 0 Å². The maximum atomic E-state index is 12.7. The lowest BCUT2D eigenvalue weighted by Crippen LogP contribution is -2.57. The molecule has 2 rings (SSSR count). The first-order chi connectivity index (χ1) is 16.6. The summed E-state index contributed by atoms with van der Waals surface area (Å²) in [5.74, 6) is -5.18. The van der Waals surface area contributed by atoms with Crippen molar-refractivity contribution in [3.63, 3.8) is 0 Å². The van der Waals surface area contributed by atoms with E-state index in [0.717, 1.165) is 5.56 Å². The van der Waals surface area contributed by atoms with Gasteiger partial charge in [0.25, 0.3) is 0 Å². The number of hydrogen-bond acceptors (Lipinski definition) is 7. The number of aromatic nitrogens is 2. The number of carbonyl (C=O) groups excluding carboxylic acids is 3. The summed E-state index contributed by atoms with van der Waals surface area (Å²) in [5, 5.41) is 25.1. The first-order valence-corrected chi connectivity index (χ1v) is 10.7.